The lowest BCUT2D eigenvalue weighted by Gasteiger charge is -2.25. The van der Waals surface area contributed by atoms with E-state index in [0.717, 1.165) is 10.9 Å². The van der Waals surface area contributed by atoms with Crippen LogP contribution in [0.5, 0.6) is 0 Å². The molecule has 0 aliphatic rings. The number of hydrogen-bond acceptors (Lipinski definition) is 2. The molecule has 23 heavy (non-hydrogen) atoms. The van der Waals surface area contributed by atoms with Gasteiger partial charge in [0.1, 0.15) is 0 Å². The van der Waals surface area contributed by atoms with Gasteiger partial charge in [0.25, 0.3) is 5.91 Å². The van der Waals surface area contributed by atoms with Crippen molar-refractivity contribution < 1.29 is 4.79 Å². The van der Waals surface area contributed by atoms with Crippen molar-refractivity contribution in [2.24, 2.45) is 0 Å². The Morgan fingerprint density at radius 1 is 1.22 bits per heavy atom. The van der Waals surface area contributed by atoms with Gasteiger partial charge in [0.15, 0.2) is 0 Å². The van der Waals surface area contributed by atoms with Gasteiger partial charge in [-0.2, -0.15) is 0 Å². The number of carbonyl (C=O) groups is 1. The molecule has 0 saturated heterocycles. The van der Waals surface area contributed by atoms with Crippen LogP contribution >= 0.6 is 27.5 Å². The molecule has 0 fully saturated rings. The first kappa shape index (κ1) is 18.0. The monoisotopic (exact) mass is 394 g/mol. The van der Waals surface area contributed by atoms with Crippen LogP contribution in [0.15, 0.2) is 53.0 Å². The SMILES string of the molecule is CN(C)[C@H](CNC(=O)c1cc(Br)ccc1Cl)Cc1ccccc1. The average molecular weight is 396 g/mol. The van der Waals surface area contributed by atoms with Crippen LogP contribution < -0.4 is 5.32 Å². The van der Waals surface area contributed by atoms with Gasteiger partial charge in [-0.15, -0.1) is 0 Å². The molecule has 1 amide bonds. The molecule has 0 bridgehead atoms. The second kappa shape index (κ2) is 8.48. The van der Waals surface area contributed by atoms with Gasteiger partial charge in [0.2, 0.25) is 0 Å². The van der Waals surface area contributed by atoms with E-state index in [0.29, 0.717) is 17.1 Å². The maximum Gasteiger partial charge on any atom is 0.252 e. The zero-order chi connectivity index (χ0) is 16.8. The predicted octanol–water partition coefficient (Wildman–Crippen LogP) is 4.01. The average Bonchev–Trinajstić information content (AvgIpc) is 2.54. The van der Waals surface area contributed by atoms with Crippen LogP contribution in [0.1, 0.15) is 15.9 Å². The van der Waals surface area contributed by atoms with Crippen molar-refractivity contribution >= 4 is 33.4 Å². The topological polar surface area (TPSA) is 32.3 Å². The van der Waals surface area contributed by atoms with Crippen LogP contribution in [0.2, 0.25) is 5.02 Å². The molecule has 0 unspecified atom stereocenters. The lowest BCUT2D eigenvalue weighted by molar-refractivity contribution is 0.0942. The number of benzene rings is 2. The van der Waals surface area contributed by atoms with E-state index in [1.54, 1.807) is 12.1 Å². The summed E-state index contributed by atoms with van der Waals surface area (Å²) in [5, 5.41) is 3.44. The highest BCUT2D eigenvalue weighted by Gasteiger charge is 2.16. The molecule has 0 radical (unpaired) electrons. The summed E-state index contributed by atoms with van der Waals surface area (Å²) < 4.78 is 0.834. The Hall–Kier alpha value is -1.36. The van der Waals surface area contributed by atoms with Crippen molar-refractivity contribution in [1.82, 2.24) is 10.2 Å². The number of nitrogens with zero attached hydrogens (tertiary/aromatic N) is 1. The molecule has 122 valence electrons. The second-order valence-corrected chi connectivity index (χ2v) is 6.96. The van der Waals surface area contributed by atoms with Crippen molar-refractivity contribution in [3.8, 4) is 0 Å². The summed E-state index contributed by atoms with van der Waals surface area (Å²) in [6, 6.07) is 15.7. The third-order valence-electron chi connectivity index (χ3n) is 3.72. The van der Waals surface area contributed by atoms with Crippen LogP contribution in [-0.4, -0.2) is 37.5 Å². The Bertz CT molecular complexity index is 661. The summed E-state index contributed by atoms with van der Waals surface area (Å²) in [6.45, 7) is 0.559. The van der Waals surface area contributed by atoms with E-state index in [1.165, 1.54) is 5.56 Å². The summed E-state index contributed by atoms with van der Waals surface area (Å²) in [7, 11) is 4.04. The number of carbonyl (C=O) groups excluding carboxylic acids is 1. The molecule has 1 N–H and O–H groups in total. The van der Waals surface area contributed by atoms with Crippen LogP contribution in [0.4, 0.5) is 0 Å². The Morgan fingerprint density at radius 3 is 2.57 bits per heavy atom. The number of nitrogens with one attached hydrogen (secondary N) is 1. The fraction of sp³-hybridized carbons (Fsp3) is 0.278. The zero-order valence-electron chi connectivity index (χ0n) is 13.2. The van der Waals surface area contributed by atoms with Gasteiger partial charge in [-0.25, -0.2) is 0 Å². The molecule has 0 spiro atoms. The third-order valence-corrected chi connectivity index (χ3v) is 4.54. The van der Waals surface area contributed by atoms with E-state index in [-0.39, 0.29) is 11.9 Å². The molecule has 2 aromatic carbocycles. The molecule has 0 heterocycles. The first-order valence-electron chi connectivity index (χ1n) is 7.41. The highest BCUT2D eigenvalue weighted by atomic mass is 79.9. The van der Waals surface area contributed by atoms with Gasteiger partial charge in [0.05, 0.1) is 10.6 Å². The summed E-state index contributed by atoms with van der Waals surface area (Å²) in [6.07, 6.45) is 0.875. The number of hydrogen-bond donors (Lipinski definition) is 1. The number of rotatable bonds is 6. The smallest absolute Gasteiger partial charge is 0.252 e. The molecule has 0 aliphatic carbocycles. The Balaban J connectivity index is 2.01. The first-order valence-corrected chi connectivity index (χ1v) is 8.58. The summed E-state index contributed by atoms with van der Waals surface area (Å²) in [4.78, 5) is 14.5. The Morgan fingerprint density at radius 2 is 1.91 bits per heavy atom. The van der Waals surface area contributed by atoms with Gasteiger partial charge < -0.3 is 10.2 Å². The number of likely N-dealkylation sites (N-methyl/N-ethyl adjacent to an activating group) is 1. The molecule has 2 rings (SSSR count). The van der Waals surface area contributed by atoms with Crippen LogP contribution in [0.3, 0.4) is 0 Å². The molecule has 1 atom stereocenters. The molecule has 0 aromatic heterocycles. The Labute approximate surface area is 150 Å². The molecule has 5 heteroatoms. The summed E-state index contributed by atoms with van der Waals surface area (Å²) in [5.41, 5.74) is 1.74. The van der Waals surface area contributed by atoms with E-state index >= 15 is 0 Å². The number of amides is 1. The van der Waals surface area contributed by atoms with E-state index in [9.17, 15) is 4.79 Å². The van der Waals surface area contributed by atoms with Crippen LogP contribution in [0, 0.1) is 0 Å². The quantitative estimate of drug-likeness (QED) is 0.801. The minimum Gasteiger partial charge on any atom is -0.350 e. The molecule has 2 aromatic rings. The Kier molecular flexibility index (Phi) is 6.63. The minimum atomic E-state index is -0.156. The molecule has 0 aliphatic heterocycles. The van der Waals surface area contributed by atoms with E-state index in [2.05, 4.69) is 38.3 Å². The first-order chi connectivity index (χ1) is 11.0. The van der Waals surface area contributed by atoms with Crippen molar-refractivity contribution in [2.45, 2.75) is 12.5 Å². The standard InChI is InChI=1S/C18H20BrClN2O/c1-22(2)15(10-13-6-4-3-5-7-13)12-21-18(23)16-11-14(19)8-9-17(16)20/h3-9,11,15H,10,12H2,1-2H3,(H,21,23)/t15-/m0/s1. The van der Waals surface area contributed by atoms with Gasteiger partial charge in [-0.3, -0.25) is 4.79 Å². The normalized spacial score (nSPS) is 12.2. The van der Waals surface area contributed by atoms with Crippen molar-refractivity contribution in [2.75, 3.05) is 20.6 Å². The lowest BCUT2D eigenvalue weighted by Crippen LogP contribution is -2.41. The second-order valence-electron chi connectivity index (χ2n) is 5.64. The zero-order valence-corrected chi connectivity index (χ0v) is 15.6. The summed E-state index contributed by atoms with van der Waals surface area (Å²) in [5.74, 6) is -0.156. The van der Waals surface area contributed by atoms with Crippen molar-refractivity contribution in [3.05, 3.63) is 69.2 Å². The van der Waals surface area contributed by atoms with E-state index in [4.69, 9.17) is 11.6 Å². The largest absolute Gasteiger partial charge is 0.350 e. The fourth-order valence-electron chi connectivity index (χ4n) is 2.30. The van der Waals surface area contributed by atoms with Gasteiger partial charge in [0, 0.05) is 17.1 Å². The molecular weight excluding hydrogens is 376 g/mol. The van der Waals surface area contributed by atoms with Gasteiger partial charge in [-0.05, 0) is 44.3 Å². The van der Waals surface area contributed by atoms with Gasteiger partial charge >= 0.3 is 0 Å². The fourth-order valence-corrected chi connectivity index (χ4v) is 2.87. The van der Waals surface area contributed by atoms with Crippen molar-refractivity contribution in [3.63, 3.8) is 0 Å². The van der Waals surface area contributed by atoms with Crippen LogP contribution in [0.25, 0.3) is 0 Å². The van der Waals surface area contributed by atoms with E-state index < -0.39 is 0 Å². The maximum absolute atomic E-state index is 12.4. The third kappa shape index (κ3) is 5.34. The van der Waals surface area contributed by atoms with E-state index in [1.807, 2.05) is 38.4 Å². The number of halogens is 2. The van der Waals surface area contributed by atoms with Crippen LogP contribution in [-0.2, 0) is 6.42 Å². The molecule has 3 nitrogen and oxygen atoms in total. The van der Waals surface area contributed by atoms with Gasteiger partial charge in [-0.1, -0.05) is 57.9 Å². The predicted molar refractivity (Wildman–Crippen MR) is 99.1 cm³/mol. The lowest BCUT2D eigenvalue weighted by atomic mass is 10.0. The highest BCUT2D eigenvalue weighted by Crippen LogP contribution is 2.20. The molecular formula is C18H20BrClN2O. The van der Waals surface area contributed by atoms with Crippen molar-refractivity contribution in [1.29, 1.82) is 0 Å². The molecule has 0 saturated carbocycles. The summed E-state index contributed by atoms with van der Waals surface area (Å²) >= 11 is 9.47. The highest BCUT2D eigenvalue weighted by molar-refractivity contribution is 9.10. The minimum absolute atomic E-state index is 0.156. The maximum atomic E-state index is 12.4.